The van der Waals surface area contributed by atoms with Crippen LogP contribution in [0.5, 0.6) is 5.75 Å². The van der Waals surface area contributed by atoms with E-state index in [2.05, 4.69) is 24.5 Å². The number of para-hydroxylation sites is 1. The smallest absolute Gasteiger partial charge is 0.166 e. The van der Waals surface area contributed by atoms with Crippen molar-refractivity contribution in [3.05, 3.63) is 30.3 Å². The maximum absolute atomic E-state index is 5.51. The molecule has 16 heavy (non-hydrogen) atoms. The van der Waals surface area contributed by atoms with Gasteiger partial charge in [0, 0.05) is 6.04 Å². The molecular weight excluding hydrogens is 220 g/mol. The Hall–Kier alpha value is -1.29. The number of benzene rings is 1. The number of nitrogens with one attached hydrogen (secondary N) is 2. The highest BCUT2D eigenvalue weighted by Crippen LogP contribution is 2.07. The lowest BCUT2D eigenvalue weighted by molar-refractivity contribution is 0.322. The van der Waals surface area contributed by atoms with E-state index in [1.54, 1.807) is 0 Å². The van der Waals surface area contributed by atoms with Crippen molar-refractivity contribution in [3.63, 3.8) is 0 Å². The SMILES string of the molecule is CC(C)NC(=S)NCCOc1ccccc1. The van der Waals surface area contributed by atoms with E-state index in [4.69, 9.17) is 17.0 Å². The van der Waals surface area contributed by atoms with Gasteiger partial charge in [-0.2, -0.15) is 0 Å². The van der Waals surface area contributed by atoms with Crippen LogP contribution in [0.2, 0.25) is 0 Å². The number of rotatable bonds is 5. The van der Waals surface area contributed by atoms with Crippen LogP contribution in [0, 0.1) is 0 Å². The van der Waals surface area contributed by atoms with E-state index in [0.717, 1.165) is 5.75 Å². The van der Waals surface area contributed by atoms with Gasteiger partial charge < -0.3 is 15.4 Å². The average Bonchev–Trinajstić information content (AvgIpc) is 2.25. The third-order valence-electron chi connectivity index (χ3n) is 1.82. The lowest BCUT2D eigenvalue weighted by Crippen LogP contribution is -2.40. The van der Waals surface area contributed by atoms with Gasteiger partial charge in [-0.15, -0.1) is 0 Å². The highest BCUT2D eigenvalue weighted by Gasteiger charge is 1.97. The molecule has 2 N–H and O–H groups in total. The highest BCUT2D eigenvalue weighted by molar-refractivity contribution is 7.80. The first-order valence-electron chi connectivity index (χ1n) is 5.40. The van der Waals surface area contributed by atoms with Gasteiger partial charge in [-0.05, 0) is 38.2 Å². The summed E-state index contributed by atoms with van der Waals surface area (Å²) in [5.74, 6) is 0.882. The molecule has 0 aromatic heterocycles. The number of hydrogen-bond donors (Lipinski definition) is 2. The minimum absolute atomic E-state index is 0.357. The number of ether oxygens (including phenoxy) is 1. The largest absolute Gasteiger partial charge is 0.492 e. The summed E-state index contributed by atoms with van der Waals surface area (Å²) in [6.07, 6.45) is 0. The first-order chi connectivity index (χ1) is 7.68. The monoisotopic (exact) mass is 238 g/mol. The second-order valence-corrected chi connectivity index (χ2v) is 4.12. The molecule has 0 atom stereocenters. The molecule has 3 nitrogen and oxygen atoms in total. The summed E-state index contributed by atoms with van der Waals surface area (Å²) >= 11 is 5.08. The van der Waals surface area contributed by atoms with E-state index in [0.29, 0.717) is 24.3 Å². The summed E-state index contributed by atoms with van der Waals surface area (Å²) in [6.45, 7) is 5.40. The molecule has 0 heterocycles. The zero-order valence-corrected chi connectivity index (χ0v) is 10.5. The predicted octanol–water partition coefficient (Wildman–Crippen LogP) is 1.94. The van der Waals surface area contributed by atoms with E-state index in [9.17, 15) is 0 Å². The Morgan fingerprint density at radius 2 is 2.00 bits per heavy atom. The van der Waals surface area contributed by atoms with Gasteiger partial charge in [0.05, 0.1) is 6.54 Å². The predicted molar refractivity (Wildman–Crippen MR) is 70.8 cm³/mol. The van der Waals surface area contributed by atoms with Gasteiger partial charge in [-0.25, -0.2) is 0 Å². The Morgan fingerprint density at radius 1 is 1.31 bits per heavy atom. The van der Waals surface area contributed by atoms with Gasteiger partial charge >= 0.3 is 0 Å². The molecule has 1 aromatic rings. The Bertz CT molecular complexity index is 314. The minimum atomic E-state index is 0.357. The summed E-state index contributed by atoms with van der Waals surface area (Å²) in [4.78, 5) is 0. The zero-order valence-electron chi connectivity index (χ0n) is 9.69. The average molecular weight is 238 g/mol. The van der Waals surface area contributed by atoms with Crippen molar-refractivity contribution in [1.29, 1.82) is 0 Å². The molecule has 0 unspecified atom stereocenters. The Labute approximate surface area is 102 Å². The van der Waals surface area contributed by atoms with Crippen LogP contribution in [0.1, 0.15) is 13.8 Å². The fraction of sp³-hybridized carbons (Fsp3) is 0.417. The van der Waals surface area contributed by atoms with Crippen LogP contribution in [-0.2, 0) is 0 Å². The van der Waals surface area contributed by atoms with Crippen molar-refractivity contribution < 1.29 is 4.74 Å². The quantitative estimate of drug-likeness (QED) is 0.607. The molecular formula is C12H18N2OS. The molecule has 0 saturated carbocycles. The van der Waals surface area contributed by atoms with Crippen molar-refractivity contribution in [1.82, 2.24) is 10.6 Å². The fourth-order valence-corrected chi connectivity index (χ4v) is 1.50. The maximum Gasteiger partial charge on any atom is 0.166 e. The van der Waals surface area contributed by atoms with Crippen LogP contribution < -0.4 is 15.4 Å². The number of hydrogen-bond acceptors (Lipinski definition) is 2. The molecule has 88 valence electrons. The summed E-state index contributed by atoms with van der Waals surface area (Å²) in [7, 11) is 0. The molecule has 0 aliphatic heterocycles. The van der Waals surface area contributed by atoms with Gasteiger partial charge in [0.25, 0.3) is 0 Å². The van der Waals surface area contributed by atoms with E-state index in [-0.39, 0.29) is 0 Å². The molecule has 0 radical (unpaired) electrons. The van der Waals surface area contributed by atoms with E-state index in [1.807, 2.05) is 30.3 Å². The van der Waals surface area contributed by atoms with E-state index in [1.165, 1.54) is 0 Å². The molecule has 4 heteroatoms. The fourth-order valence-electron chi connectivity index (χ4n) is 1.16. The van der Waals surface area contributed by atoms with Crippen LogP contribution in [0.15, 0.2) is 30.3 Å². The molecule has 0 fully saturated rings. The van der Waals surface area contributed by atoms with Crippen LogP contribution in [-0.4, -0.2) is 24.3 Å². The molecule has 0 bridgehead atoms. The van der Waals surface area contributed by atoms with Gasteiger partial charge in [-0.3, -0.25) is 0 Å². The van der Waals surface area contributed by atoms with Crippen LogP contribution in [0.4, 0.5) is 0 Å². The van der Waals surface area contributed by atoms with Gasteiger partial charge in [0.1, 0.15) is 12.4 Å². The van der Waals surface area contributed by atoms with E-state index >= 15 is 0 Å². The van der Waals surface area contributed by atoms with Crippen molar-refractivity contribution in [2.24, 2.45) is 0 Å². The standard InChI is InChI=1S/C12H18N2OS/c1-10(2)14-12(16)13-8-9-15-11-6-4-3-5-7-11/h3-7,10H,8-9H2,1-2H3,(H2,13,14,16). The minimum Gasteiger partial charge on any atom is -0.492 e. The number of thiocarbonyl (C=S) groups is 1. The van der Waals surface area contributed by atoms with Gasteiger partial charge in [0.15, 0.2) is 5.11 Å². The molecule has 0 spiro atoms. The zero-order chi connectivity index (χ0) is 11.8. The molecule has 0 aliphatic rings. The van der Waals surface area contributed by atoms with Crippen molar-refractivity contribution in [2.75, 3.05) is 13.2 Å². The van der Waals surface area contributed by atoms with Crippen molar-refractivity contribution >= 4 is 17.3 Å². The van der Waals surface area contributed by atoms with Crippen LogP contribution >= 0.6 is 12.2 Å². The first kappa shape index (κ1) is 12.8. The Balaban J connectivity index is 2.10. The second kappa shape index (κ2) is 7.06. The summed E-state index contributed by atoms with van der Waals surface area (Å²) in [6, 6.07) is 10.1. The summed E-state index contributed by atoms with van der Waals surface area (Å²) in [5.41, 5.74) is 0. The Kier molecular flexibility index (Phi) is 5.64. The summed E-state index contributed by atoms with van der Waals surface area (Å²) in [5, 5.41) is 6.86. The summed E-state index contributed by atoms with van der Waals surface area (Å²) < 4.78 is 5.51. The Morgan fingerprint density at radius 3 is 2.62 bits per heavy atom. The molecule has 0 saturated heterocycles. The lowest BCUT2D eigenvalue weighted by atomic mass is 10.3. The molecule has 0 aliphatic carbocycles. The van der Waals surface area contributed by atoms with E-state index < -0.39 is 0 Å². The maximum atomic E-state index is 5.51. The topological polar surface area (TPSA) is 33.3 Å². The van der Waals surface area contributed by atoms with Crippen LogP contribution in [0.3, 0.4) is 0 Å². The second-order valence-electron chi connectivity index (χ2n) is 3.72. The van der Waals surface area contributed by atoms with Crippen LogP contribution in [0.25, 0.3) is 0 Å². The van der Waals surface area contributed by atoms with Crippen molar-refractivity contribution in [2.45, 2.75) is 19.9 Å². The third-order valence-corrected chi connectivity index (χ3v) is 2.08. The van der Waals surface area contributed by atoms with Gasteiger partial charge in [-0.1, -0.05) is 18.2 Å². The normalized spacial score (nSPS) is 9.94. The molecule has 1 aromatic carbocycles. The first-order valence-corrected chi connectivity index (χ1v) is 5.81. The molecule has 0 amide bonds. The lowest BCUT2D eigenvalue weighted by Gasteiger charge is -2.13. The van der Waals surface area contributed by atoms with Crippen molar-refractivity contribution in [3.8, 4) is 5.75 Å². The third kappa shape index (κ3) is 5.56. The molecule has 1 rings (SSSR count). The van der Waals surface area contributed by atoms with Gasteiger partial charge in [0.2, 0.25) is 0 Å². The highest BCUT2D eigenvalue weighted by atomic mass is 32.1.